The molecule has 2 aromatic rings. The molecule has 0 aliphatic carbocycles. The van der Waals surface area contributed by atoms with Crippen molar-refractivity contribution in [3.63, 3.8) is 0 Å². The third-order valence-corrected chi connectivity index (χ3v) is 3.62. The number of nitriles is 1. The first-order valence-corrected chi connectivity index (χ1v) is 7.22. The number of hydrogen-bond donors (Lipinski definition) is 1. The van der Waals surface area contributed by atoms with Gasteiger partial charge in [-0.15, -0.1) is 11.8 Å². The summed E-state index contributed by atoms with van der Waals surface area (Å²) in [5.74, 6) is 0.778. The molecule has 0 saturated carbocycles. The molecule has 3 nitrogen and oxygen atoms in total. The highest BCUT2D eigenvalue weighted by atomic mass is 32.2. The molecule has 2 rings (SSSR count). The minimum Gasteiger partial charge on any atom is -0.364 e. The van der Waals surface area contributed by atoms with Gasteiger partial charge in [0.25, 0.3) is 0 Å². The maximum Gasteiger partial charge on any atom is 0.126 e. The molecule has 1 heterocycles. The van der Waals surface area contributed by atoms with Gasteiger partial charge in [-0.3, -0.25) is 0 Å². The molecule has 0 amide bonds. The van der Waals surface area contributed by atoms with Crippen molar-refractivity contribution in [2.24, 2.45) is 0 Å². The number of aromatic nitrogens is 1. The standard InChI is InChI=1S/C15H15N3S/c1-11(13-4-6-14(19-2)7-5-13)18-15-8-3-12(9-16)10-17-15/h3-8,10-11H,1-2H3,(H,17,18)/t11-/m1/s1. The van der Waals surface area contributed by atoms with Crippen LogP contribution in [0.3, 0.4) is 0 Å². The third kappa shape index (κ3) is 3.49. The molecule has 0 aliphatic rings. The average molecular weight is 269 g/mol. The van der Waals surface area contributed by atoms with Crippen LogP contribution in [0, 0.1) is 11.3 Å². The lowest BCUT2D eigenvalue weighted by molar-refractivity contribution is 0.872. The summed E-state index contributed by atoms with van der Waals surface area (Å²) < 4.78 is 0. The minimum absolute atomic E-state index is 0.177. The number of hydrogen-bond acceptors (Lipinski definition) is 4. The molecule has 0 bridgehead atoms. The van der Waals surface area contributed by atoms with Gasteiger partial charge in [0.1, 0.15) is 11.9 Å². The summed E-state index contributed by atoms with van der Waals surface area (Å²) in [7, 11) is 0. The van der Waals surface area contributed by atoms with Crippen LogP contribution in [-0.2, 0) is 0 Å². The van der Waals surface area contributed by atoms with Crippen LogP contribution in [0.2, 0.25) is 0 Å². The van der Waals surface area contributed by atoms with Crippen molar-refractivity contribution in [3.8, 4) is 6.07 Å². The number of pyridine rings is 1. The highest BCUT2D eigenvalue weighted by Gasteiger charge is 2.06. The van der Waals surface area contributed by atoms with Crippen molar-refractivity contribution in [3.05, 3.63) is 53.7 Å². The molecule has 0 aliphatic heterocycles. The van der Waals surface area contributed by atoms with E-state index in [0.717, 1.165) is 5.82 Å². The van der Waals surface area contributed by atoms with Gasteiger partial charge in [-0.25, -0.2) is 4.98 Å². The zero-order valence-corrected chi connectivity index (χ0v) is 11.7. The Morgan fingerprint density at radius 2 is 1.95 bits per heavy atom. The van der Waals surface area contributed by atoms with Crippen molar-refractivity contribution >= 4 is 17.6 Å². The second kappa shape index (κ2) is 6.26. The van der Waals surface area contributed by atoms with Gasteiger partial charge in [0, 0.05) is 17.1 Å². The predicted octanol–water partition coefficient (Wildman–Crippen LogP) is 3.85. The first kappa shape index (κ1) is 13.4. The smallest absolute Gasteiger partial charge is 0.126 e. The maximum absolute atomic E-state index is 8.73. The van der Waals surface area contributed by atoms with Crippen LogP contribution < -0.4 is 5.32 Å². The van der Waals surface area contributed by atoms with Gasteiger partial charge in [0.2, 0.25) is 0 Å². The van der Waals surface area contributed by atoms with E-state index in [9.17, 15) is 0 Å². The molecule has 19 heavy (non-hydrogen) atoms. The molecule has 96 valence electrons. The van der Waals surface area contributed by atoms with E-state index in [1.54, 1.807) is 24.0 Å². The molecule has 0 spiro atoms. The van der Waals surface area contributed by atoms with E-state index < -0.39 is 0 Å². The van der Waals surface area contributed by atoms with E-state index in [1.165, 1.54) is 10.5 Å². The number of nitrogens with one attached hydrogen (secondary N) is 1. The first-order chi connectivity index (χ1) is 9.22. The summed E-state index contributed by atoms with van der Waals surface area (Å²) in [5, 5.41) is 12.0. The van der Waals surface area contributed by atoms with Gasteiger partial charge in [-0.05, 0) is 43.0 Å². The zero-order chi connectivity index (χ0) is 13.7. The van der Waals surface area contributed by atoms with E-state index in [2.05, 4.69) is 53.8 Å². The van der Waals surface area contributed by atoms with Gasteiger partial charge in [0.15, 0.2) is 0 Å². The Morgan fingerprint density at radius 3 is 2.47 bits per heavy atom. The van der Waals surface area contributed by atoms with Crippen LogP contribution >= 0.6 is 11.8 Å². The average Bonchev–Trinajstić information content (AvgIpc) is 2.48. The maximum atomic E-state index is 8.73. The fourth-order valence-electron chi connectivity index (χ4n) is 1.74. The molecular weight excluding hydrogens is 254 g/mol. The Morgan fingerprint density at radius 1 is 1.21 bits per heavy atom. The molecular formula is C15H15N3S. The fourth-order valence-corrected chi connectivity index (χ4v) is 2.15. The van der Waals surface area contributed by atoms with E-state index in [4.69, 9.17) is 5.26 Å². The topological polar surface area (TPSA) is 48.7 Å². The van der Waals surface area contributed by atoms with Gasteiger partial charge in [0.05, 0.1) is 5.56 Å². The van der Waals surface area contributed by atoms with Crippen LogP contribution in [0.15, 0.2) is 47.5 Å². The van der Waals surface area contributed by atoms with Crippen LogP contribution in [0.1, 0.15) is 24.1 Å². The van der Waals surface area contributed by atoms with Crippen molar-refractivity contribution in [1.82, 2.24) is 4.98 Å². The first-order valence-electron chi connectivity index (χ1n) is 5.99. The van der Waals surface area contributed by atoms with Crippen LogP contribution in [0.5, 0.6) is 0 Å². The molecule has 0 radical (unpaired) electrons. The number of rotatable bonds is 4. The Hall–Kier alpha value is -1.99. The van der Waals surface area contributed by atoms with Crippen molar-refractivity contribution < 1.29 is 0 Å². The number of nitrogens with zero attached hydrogens (tertiary/aromatic N) is 2. The van der Waals surface area contributed by atoms with Crippen LogP contribution in [-0.4, -0.2) is 11.2 Å². The number of thioether (sulfide) groups is 1. The lowest BCUT2D eigenvalue weighted by Crippen LogP contribution is -2.07. The van der Waals surface area contributed by atoms with E-state index in [0.29, 0.717) is 5.56 Å². The molecule has 1 atom stereocenters. The summed E-state index contributed by atoms with van der Waals surface area (Å²) in [5.41, 5.74) is 1.78. The molecule has 0 fully saturated rings. The minimum atomic E-state index is 0.177. The van der Waals surface area contributed by atoms with Crippen LogP contribution in [0.25, 0.3) is 0 Å². The summed E-state index contributed by atoms with van der Waals surface area (Å²) in [4.78, 5) is 5.47. The Bertz CT molecular complexity index is 570. The van der Waals surface area contributed by atoms with Gasteiger partial charge < -0.3 is 5.32 Å². The predicted molar refractivity (Wildman–Crippen MR) is 79.2 cm³/mol. The number of benzene rings is 1. The molecule has 1 aromatic carbocycles. The van der Waals surface area contributed by atoms with Gasteiger partial charge in [-0.2, -0.15) is 5.26 Å². The lowest BCUT2D eigenvalue weighted by atomic mass is 10.1. The Kier molecular flexibility index (Phi) is 4.43. The van der Waals surface area contributed by atoms with E-state index >= 15 is 0 Å². The quantitative estimate of drug-likeness (QED) is 0.856. The number of anilines is 1. The van der Waals surface area contributed by atoms with Crippen molar-refractivity contribution in [2.45, 2.75) is 17.9 Å². The lowest BCUT2D eigenvalue weighted by Gasteiger charge is -2.15. The molecule has 1 aromatic heterocycles. The summed E-state index contributed by atoms with van der Waals surface area (Å²) in [6, 6.07) is 14.3. The molecule has 4 heteroatoms. The fraction of sp³-hybridized carbons (Fsp3) is 0.200. The van der Waals surface area contributed by atoms with Crippen LogP contribution in [0.4, 0.5) is 5.82 Å². The highest BCUT2D eigenvalue weighted by Crippen LogP contribution is 2.21. The second-order valence-electron chi connectivity index (χ2n) is 4.18. The highest BCUT2D eigenvalue weighted by molar-refractivity contribution is 7.98. The van der Waals surface area contributed by atoms with Gasteiger partial charge >= 0.3 is 0 Å². The Labute approximate surface area is 117 Å². The molecule has 1 N–H and O–H groups in total. The van der Waals surface area contributed by atoms with Crippen molar-refractivity contribution in [1.29, 1.82) is 5.26 Å². The second-order valence-corrected chi connectivity index (χ2v) is 5.06. The third-order valence-electron chi connectivity index (χ3n) is 2.87. The van der Waals surface area contributed by atoms with E-state index in [-0.39, 0.29) is 6.04 Å². The van der Waals surface area contributed by atoms with E-state index in [1.807, 2.05) is 6.07 Å². The summed E-state index contributed by atoms with van der Waals surface area (Å²) >= 11 is 1.73. The SMILES string of the molecule is CSc1ccc([C@@H](C)Nc2ccc(C#N)cn2)cc1. The Balaban J connectivity index is 2.06. The summed E-state index contributed by atoms with van der Waals surface area (Å²) in [6.45, 7) is 2.09. The molecule has 0 saturated heterocycles. The van der Waals surface area contributed by atoms with Crippen molar-refractivity contribution in [2.75, 3.05) is 11.6 Å². The normalized spacial score (nSPS) is 11.6. The monoisotopic (exact) mass is 269 g/mol. The zero-order valence-electron chi connectivity index (χ0n) is 10.9. The van der Waals surface area contributed by atoms with Gasteiger partial charge in [-0.1, -0.05) is 12.1 Å². The summed E-state index contributed by atoms with van der Waals surface area (Å²) in [6.07, 6.45) is 3.64. The largest absolute Gasteiger partial charge is 0.364 e. The molecule has 0 unspecified atom stereocenters.